The summed E-state index contributed by atoms with van der Waals surface area (Å²) in [7, 11) is 0. The number of rotatable bonds is 5. The van der Waals surface area contributed by atoms with Gasteiger partial charge in [-0.3, -0.25) is 4.90 Å². The van der Waals surface area contributed by atoms with Crippen molar-refractivity contribution in [1.29, 1.82) is 0 Å². The summed E-state index contributed by atoms with van der Waals surface area (Å²) >= 11 is 1.83. The van der Waals surface area contributed by atoms with E-state index >= 15 is 0 Å². The van der Waals surface area contributed by atoms with Gasteiger partial charge < -0.3 is 5.32 Å². The fourth-order valence-electron chi connectivity index (χ4n) is 3.00. The molecular weight excluding hydrogens is 254 g/mol. The molecule has 0 aliphatic carbocycles. The Bertz CT molecular complexity index is 394. The molecule has 0 radical (unpaired) electrons. The summed E-state index contributed by atoms with van der Waals surface area (Å²) in [6.07, 6.45) is 2.64. The molecule has 1 aromatic heterocycles. The van der Waals surface area contributed by atoms with E-state index in [2.05, 4.69) is 37.9 Å². The summed E-state index contributed by atoms with van der Waals surface area (Å²) in [5.74, 6) is 0.863. The number of nitrogens with one attached hydrogen (secondary N) is 1. The summed E-state index contributed by atoms with van der Waals surface area (Å²) in [5, 5.41) is 4.67. The van der Waals surface area contributed by atoms with Gasteiger partial charge in [0.25, 0.3) is 0 Å². The SMILES string of the molecule is CCNCC1CCN(C(C)c2nc(C)sc2C)CC1. The molecule has 0 amide bonds. The molecule has 0 aromatic carbocycles. The molecule has 2 rings (SSSR count). The maximum absolute atomic E-state index is 4.72. The highest BCUT2D eigenvalue weighted by atomic mass is 32.1. The molecule has 0 bridgehead atoms. The number of aryl methyl sites for hydroxylation is 2. The van der Waals surface area contributed by atoms with Crippen molar-refractivity contribution in [2.75, 3.05) is 26.2 Å². The number of likely N-dealkylation sites (tertiary alicyclic amines) is 1. The summed E-state index contributed by atoms with van der Waals surface area (Å²) in [6.45, 7) is 13.5. The average Bonchev–Trinajstić information content (AvgIpc) is 2.75. The molecule has 1 aliphatic rings. The van der Waals surface area contributed by atoms with Crippen molar-refractivity contribution in [3.63, 3.8) is 0 Å². The molecule has 1 aromatic rings. The van der Waals surface area contributed by atoms with Crippen LogP contribution in [0.3, 0.4) is 0 Å². The lowest BCUT2D eigenvalue weighted by Crippen LogP contribution is -2.38. The maximum atomic E-state index is 4.72. The van der Waals surface area contributed by atoms with Gasteiger partial charge in [0, 0.05) is 4.88 Å². The third-order valence-electron chi connectivity index (χ3n) is 4.21. The van der Waals surface area contributed by atoms with Crippen LogP contribution in [-0.4, -0.2) is 36.1 Å². The van der Waals surface area contributed by atoms with E-state index in [0.717, 1.165) is 12.5 Å². The van der Waals surface area contributed by atoms with Crippen LogP contribution in [0, 0.1) is 19.8 Å². The molecule has 1 aliphatic heterocycles. The summed E-state index contributed by atoms with van der Waals surface area (Å²) in [4.78, 5) is 8.71. The number of hydrogen-bond acceptors (Lipinski definition) is 4. The van der Waals surface area contributed by atoms with Crippen molar-refractivity contribution in [3.05, 3.63) is 15.6 Å². The van der Waals surface area contributed by atoms with Crippen LogP contribution in [0.25, 0.3) is 0 Å². The van der Waals surface area contributed by atoms with E-state index in [9.17, 15) is 0 Å². The second-order valence-electron chi connectivity index (χ2n) is 5.64. The molecule has 1 saturated heterocycles. The van der Waals surface area contributed by atoms with E-state index < -0.39 is 0 Å². The Morgan fingerprint density at radius 3 is 2.58 bits per heavy atom. The molecule has 2 heterocycles. The zero-order valence-electron chi connectivity index (χ0n) is 12.7. The summed E-state index contributed by atoms with van der Waals surface area (Å²) in [6, 6.07) is 0.477. The van der Waals surface area contributed by atoms with Crippen LogP contribution in [0.5, 0.6) is 0 Å². The van der Waals surface area contributed by atoms with Gasteiger partial charge in [-0.25, -0.2) is 4.98 Å². The molecule has 4 heteroatoms. The molecule has 1 N–H and O–H groups in total. The highest BCUT2D eigenvalue weighted by Gasteiger charge is 2.25. The Morgan fingerprint density at radius 1 is 1.37 bits per heavy atom. The quantitative estimate of drug-likeness (QED) is 0.898. The minimum Gasteiger partial charge on any atom is -0.317 e. The molecule has 3 nitrogen and oxygen atoms in total. The highest BCUT2D eigenvalue weighted by molar-refractivity contribution is 7.11. The molecule has 1 fully saturated rings. The van der Waals surface area contributed by atoms with Gasteiger partial charge in [-0.1, -0.05) is 6.92 Å². The molecule has 108 valence electrons. The molecule has 0 spiro atoms. The van der Waals surface area contributed by atoms with Gasteiger partial charge in [-0.15, -0.1) is 11.3 Å². The van der Waals surface area contributed by atoms with Gasteiger partial charge in [0.05, 0.1) is 16.7 Å². The normalized spacial score (nSPS) is 19.8. The van der Waals surface area contributed by atoms with E-state index in [4.69, 9.17) is 4.98 Å². The second-order valence-corrected chi connectivity index (χ2v) is 7.04. The Balaban J connectivity index is 1.89. The van der Waals surface area contributed by atoms with Crippen LogP contribution in [0.1, 0.15) is 48.3 Å². The fraction of sp³-hybridized carbons (Fsp3) is 0.800. The van der Waals surface area contributed by atoms with Crippen molar-refractivity contribution < 1.29 is 0 Å². The van der Waals surface area contributed by atoms with Gasteiger partial charge in [0.1, 0.15) is 0 Å². The zero-order valence-corrected chi connectivity index (χ0v) is 13.5. The smallest absolute Gasteiger partial charge is 0.0900 e. The van der Waals surface area contributed by atoms with Crippen molar-refractivity contribution in [2.45, 2.75) is 46.6 Å². The van der Waals surface area contributed by atoms with Crippen molar-refractivity contribution in [1.82, 2.24) is 15.2 Å². The van der Waals surface area contributed by atoms with E-state index in [-0.39, 0.29) is 0 Å². The Labute approximate surface area is 121 Å². The summed E-state index contributed by atoms with van der Waals surface area (Å²) in [5.41, 5.74) is 1.30. The zero-order chi connectivity index (χ0) is 13.8. The van der Waals surface area contributed by atoms with Gasteiger partial charge in [-0.05, 0) is 65.7 Å². The number of nitrogens with zero attached hydrogens (tertiary/aromatic N) is 2. The standard InChI is InChI=1S/C15H27N3S/c1-5-16-10-14-6-8-18(9-7-14)11(2)15-12(3)19-13(4)17-15/h11,14,16H,5-10H2,1-4H3. The topological polar surface area (TPSA) is 28.2 Å². The average molecular weight is 281 g/mol. The second kappa shape index (κ2) is 6.82. The van der Waals surface area contributed by atoms with Crippen molar-refractivity contribution in [3.8, 4) is 0 Å². The van der Waals surface area contributed by atoms with Gasteiger partial charge in [-0.2, -0.15) is 0 Å². The number of aromatic nitrogens is 1. The predicted molar refractivity (Wildman–Crippen MR) is 82.8 cm³/mol. The lowest BCUT2D eigenvalue weighted by Gasteiger charge is -2.35. The minimum absolute atomic E-state index is 0.477. The lowest BCUT2D eigenvalue weighted by molar-refractivity contribution is 0.138. The third kappa shape index (κ3) is 3.77. The number of hydrogen-bond donors (Lipinski definition) is 1. The van der Waals surface area contributed by atoms with Crippen LogP contribution in [-0.2, 0) is 0 Å². The first kappa shape index (κ1) is 14.9. The molecule has 0 saturated carbocycles. The van der Waals surface area contributed by atoms with Crippen LogP contribution in [0.15, 0.2) is 0 Å². The highest BCUT2D eigenvalue weighted by Crippen LogP contribution is 2.29. The Morgan fingerprint density at radius 2 is 2.05 bits per heavy atom. The molecule has 19 heavy (non-hydrogen) atoms. The Hall–Kier alpha value is -0.450. The van der Waals surface area contributed by atoms with Crippen LogP contribution in [0.2, 0.25) is 0 Å². The largest absolute Gasteiger partial charge is 0.317 e. The molecule has 1 unspecified atom stereocenters. The van der Waals surface area contributed by atoms with E-state index in [0.29, 0.717) is 6.04 Å². The monoisotopic (exact) mass is 281 g/mol. The van der Waals surface area contributed by atoms with Gasteiger partial charge in [0.15, 0.2) is 0 Å². The van der Waals surface area contributed by atoms with E-state index in [1.165, 1.54) is 48.1 Å². The van der Waals surface area contributed by atoms with Crippen molar-refractivity contribution >= 4 is 11.3 Å². The number of piperidine rings is 1. The fourth-order valence-corrected chi connectivity index (χ4v) is 3.91. The van der Waals surface area contributed by atoms with Crippen LogP contribution < -0.4 is 5.32 Å². The van der Waals surface area contributed by atoms with E-state index in [1.807, 2.05) is 11.3 Å². The lowest BCUT2D eigenvalue weighted by atomic mass is 9.95. The maximum Gasteiger partial charge on any atom is 0.0900 e. The van der Waals surface area contributed by atoms with E-state index in [1.54, 1.807) is 0 Å². The number of thiazole rings is 1. The first-order chi connectivity index (χ1) is 9.11. The Kier molecular flexibility index (Phi) is 5.37. The predicted octanol–water partition coefficient (Wildman–Crippen LogP) is 3.14. The van der Waals surface area contributed by atoms with Crippen LogP contribution in [0.4, 0.5) is 0 Å². The van der Waals surface area contributed by atoms with Gasteiger partial charge >= 0.3 is 0 Å². The third-order valence-corrected chi connectivity index (χ3v) is 5.12. The first-order valence-corrected chi connectivity index (χ1v) is 8.32. The van der Waals surface area contributed by atoms with Crippen molar-refractivity contribution in [2.24, 2.45) is 5.92 Å². The summed E-state index contributed by atoms with van der Waals surface area (Å²) < 4.78 is 0. The first-order valence-electron chi connectivity index (χ1n) is 7.50. The molecular formula is C15H27N3S. The van der Waals surface area contributed by atoms with Crippen LogP contribution >= 0.6 is 11.3 Å². The minimum atomic E-state index is 0.477. The van der Waals surface area contributed by atoms with Gasteiger partial charge in [0.2, 0.25) is 0 Å². The molecule has 1 atom stereocenters.